The van der Waals surface area contributed by atoms with Gasteiger partial charge in [0.25, 0.3) is 5.91 Å². The van der Waals surface area contributed by atoms with Crippen LogP contribution in [0.2, 0.25) is 0 Å². The molecule has 11 heteroatoms. The largest absolute Gasteiger partial charge is 0.493 e. The van der Waals surface area contributed by atoms with Crippen molar-refractivity contribution in [1.29, 1.82) is 0 Å². The summed E-state index contributed by atoms with van der Waals surface area (Å²) in [5.41, 5.74) is 2.95. The number of carbonyl (C=O) groups is 1. The van der Waals surface area contributed by atoms with E-state index in [9.17, 15) is 4.79 Å². The van der Waals surface area contributed by atoms with Gasteiger partial charge in [0.2, 0.25) is 5.88 Å². The van der Waals surface area contributed by atoms with Gasteiger partial charge < -0.3 is 19.5 Å². The van der Waals surface area contributed by atoms with Gasteiger partial charge in [0.1, 0.15) is 12.3 Å². The Labute approximate surface area is 199 Å². The molecule has 11 nitrogen and oxygen atoms in total. The second-order valence-electron chi connectivity index (χ2n) is 7.38. The Balaban J connectivity index is 1.25. The lowest BCUT2D eigenvalue weighted by Gasteiger charge is -2.09. The van der Waals surface area contributed by atoms with Gasteiger partial charge in [-0.15, -0.1) is 15.3 Å². The zero-order chi connectivity index (χ0) is 24.2. The summed E-state index contributed by atoms with van der Waals surface area (Å²) in [6, 6.07) is 16.3. The highest BCUT2D eigenvalue weighted by atomic mass is 16.5. The summed E-state index contributed by atoms with van der Waals surface area (Å²) >= 11 is 0. The molecule has 0 unspecified atom stereocenters. The van der Waals surface area contributed by atoms with Gasteiger partial charge in [-0.2, -0.15) is 4.52 Å². The van der Waals surface area contributed by atoms with Gasteiger partial charge in [-0.05, 0) is 36.4 Å². The van der Waals surface area contributed by atoms with Crippen molar-refractivity contribution >= 4 is 22.6 Å². The van der Waals surface area contributed by atoms with Crippen molar-refractivity contribution in [2.75, 3.05) is 27.4 Å². The first kappa shape index (κ1) is 22.0. The standard InChI is InChI=1S/C24H21N7O4/c1-33-19-8-7-15(13-20(19)34-2)23-29-28-21-9-10-22(30-31(21)23)35-12-11-25-24(32)18-14-26-16-5-3-4-6-17(16)27-18/h3-10,13-14H,11-12H2,1-2H3,(H,25,32). The zero-order valence-corrected chi connectivity index (χ0v) is 19.0. The van der Waals surface area contributed by atoms with Gasteiger partial charge >= 0.3 is 0 Å². The third-order valence-corrected chi connectivity index (χ3v) is 5.20. The lowest BCUT2D eigenvalue weighted by atomic mass is 10.2. The van der Waals surface area contributed by atoms with Crippen LogP contribution in [0.4, 0.5) is 0 Å². The third-order valence-electron chi connectivity index (χ3n) is 5.20. The molecule has 0 aliphatic heterocycles. The number of rotatable bonds is 8. The van der Waals surface area contributed by atoms with Crippen LogP contribution in [-0.4, -0.2) is 63.1 Å². The minimum absolute atomic E-state index is 0.207. The summed E-state index contributed by atoms with van der Waals surface area (Å²) in [6.07, 6.45) is 1.45. The predicted molar refractivity (Wildman–Crippen MR) is 127 cm³/mol. The topological polar surface area (TPSA) is 126 Å². The van der Waals surface area contributed by atoms with Crippen molar-refractivity contribution in [2.45, 2.75) is 0 Å². The Morgan fingerprint density at radius 2 is 1.80 bits per heavy atom. The number of methoxy groups -OCH3 is 2. The summed E-state index contributed by atoms with van der Waals surface area (Å²) in [5, 5.41) is 15.7. The van der Waals surface area contributed by atoms with Crippen molar-refractivity contribution in [3.05, 3.63) is 66.5 Å². The van der Waals surface area contributed by atoms with Crippen LogP contribution >= 0.6 is 0 Å². The molecule has 0 saturated heterocycles. The van der Waals surface area contributed by atoms with Gasteiger partial charge in [-0.25, -0.2) is 4.98 Å². The van der Waals surface area contributed by atoms with Gasteiger partial charge in [-0.3, -0.25) is 9.78 Å². The molecule has 5 rings (SSSR count). The number of hydrogen-bond donors (Lipinski definition) is 1. The number of amides is 1. The first-order valence-corrected chi connectivity index (χ1v) is 10.7. The molecule has 0 atom stereocenters. The Kier molecular flexibility index (Phi) is 6.03. The summed E-state index contributed by atoms with van der Waals surface area (Å²) in [7, 11) is 3.14. The smallest absolute Gasteiger partial charge is 0.271 e. The molecular weight excluding hydrogens is 450 g/mol. The van der Waals surface area contributed by atoms with Gasteiger partial charge in [0.05, 0.1) is 38.0 Å². The molecule has 3 aromatic heterocycles. The van der Waals surface area contributed by atoms with Gasteiger partial charge in [0.15, 0.2) is 23.0 Å². The summed E-state index contributed by atoms with van der Waals surface area (Å²) < 4.78 is 18.0. The molecule has 0 saturated carbocycles. The highest BCUT2D eigenvalue weighted by Crippen LogP contribution is 2.31. The summed E-state index contributed by atoms with van der Waals surface area (Å²) in [6.45, 7) is 0.469. The average Bonchev–Trinajstić information content (AvgIpc) is 3.33. The molecule has 176 valence electrons. The van der Waals surface area contributed by atoms with E-state index < -0.39 is 0 Å². The maximum Gasteiger partial charge on any atom is 0.271 e. The van der Waals surface area contributed by atoms with E-state index in [4.69, 9.17) is 14.2 Å². The monoisotopic (exact) mass is 471 g/mol. The SMILES string of the molecule is COc1ccc(-c2nnc3ccc(OCCNC(=O)c4cnc5ccccc5n4)nn23)cc1OC. The highest BCUT2D eigenvalue weighted by Gasteiger charge is 2.14. The van der Waals surface area contributed by atoms with Crippen LogP contribution in [0.15, 0.2) is 60.8 Å². The number of aromatic nitrogens is 6. The number of nitrogens with one attached hydrogen (secondary N) is 1. The summed E-state index contributed by atoms with van der Waals surface area (Å²) in [5.74, 6) is 1.73. The normalized spacial score (nSPS) is 10.9. The predicted octanol–water partition coefficient (Wildman–Crippen LogP) is 2.56. The minimum atomic E-state index is -0.329. The van der Waals surface area contributed by atoms with Crippen molar-refractivity contribution in [1.82, 2.24) is 35.1 Å². The van der Waals surface area contributed by atoms with Crippen LogP contribution in [0.5, 0.6) is 17.4 Å². The Morgan fingerprint density at radius 1 is 0.971 bits per heavy atom. The van der Waals surface area contributed by atoms with Crippen molar-refractivity contribution in [3.63, 3.8) is 0 Å². The number of carbonyl (C=O) groups excluding carboxylic acids is 1. The van der Waals surface area contributed by atoms with E-state index in [2.05, 4.69) is 30.6 Å². The van der Waals surface area contributed by atoms with Gasteiger partial charge in [0, 0.05) is 11.6 Å². The van der Waals surface area contributed by atoms with E-state index in [0.717, 1.165) is 11.1 Å². The molecule has 5 aromatic rings. The lowest BCUT2D eigenvalue weighted by Crippen LogP contribution is -2.29. The van der Waals surface area contributed by atoms with E-state index in [1.807, 2.05) is 30.3 Å². The number of nitrogens with zero attached hydrogens (tertiary/aromatic N) is 6. The fourth-order valence-corrected chi connectivity index (χ4v) is 3.48. The zero-order valence-electron chi connectivity index (χ0n) is 19.0. The maximum atomic E-state index is 12.4. The second-order valence-corrected chi connectivity index (χ2v) is 7.38. The first-order valence-electron chi connectivity index (χ1n) is 10.7. The highest BCUT2D eigenvalue weighted by molar-refractivity contribution is 5.93. The molecule has 0 spiro atoms. The fourth-order valence-electron chi connectivity index (χ4n) is 3.48. The van der Waals surface area contributed by atoms with E-state index in [-0.39, 0.29) is 24.8 Å². The maximum absolute atomic E-state index is 12.4. The molecule has 0 radical (unpaired) electrons. The molecule has 0 aliphatic rings. The lowest BCUT2D eigenvalue weighted by molar-refractivity contribution is 0.0941. The second kappa shape index (κ2) is 9.59. The Bertz CT molecular complexity index is 1520. The fraction of sp³-hybridized carbons (Fsp3) is 0.167. The Hall–Kier alpha value is -4.80. The first-order chi connectivity index (χ1) is 17.2. The van der Waals surface area contributed by atoms with Crippen molar-refractivity contribution < 1.29 is 19.0 Å². The van der Waals surface area contributed by atoms with E-state index >= 15 is 0 Å². The number of para-hydroxylation sites is 2. The Morgan fingerprint density at radius 3 is 2.63 bits per heavy atom. The molecule has 1 N–H and O–H groups in total. The van der Waals surface area contributed by atoms with E-state index in [1.165, 1.54) is 6.20 Å². The van der Waals surface area contributed by atoms with E-state index in [0.29, 0.717) is 34.4 Å². The third kappa shape index (κ3) is 4.51. The number of hydrogen-bond acceptors (Lipinski definition) is 9. The summed E-state index contributed by atoms with van der Waals surface area (Å²) in [4.78, 5) is 21.0. The van der Waals surface area contributed by atoms with Crippen LogP contribution in [0, 0.1) is 0 Å². The molecular formula is C24H21N7O4. The van der Waals surface area contributed by atoms with Gasteiger partial charge in [-0.1, -0.05) is 12.1 Å². The van der Waals surface area contributed by atoms with Crippen LogP contribution in [0.3, 0.4) is 0 Å². The minimum Gasteiger partial charge on any atom is -0.493 e. The number of fused-ring (bicyclic) bond motifs is 2. The van der Waals surface area contributed by atoms with E-state index in [1.54, 1.807) is 43.0 Å². The molecule has 2 aromatic carbocycles. The van der Waals surface area contributed by atoms with Crippen molar-refractivity contribution in [2.24, 2.45) is 0 Å². The molecule has 0 aliphatic carbocycles. The quantitative estimate of drug-likeness (QED) is 0.340. The van der Waals surface area contributed by atoms with Crippen LogP contribution in [0.1, 0.15) is 10.5 Å². The molecule has 35 heavy (non-hydrogen) atoms. The molecule has 0 bridgehead atoms. The van der Waals surface area contributed by atoms with Crippen molar-refractivity contribution in [3.8, 4) is 28.8 Å². The van der Waals surface area contributed by atoms with Crippen LogP contribution in [-0.2, 0) is 0 Å². The average molecular weight is 471 g/mol. The van der Waals surface area contributed by atoms with Crippen LogP contribution in [0.25, 0.3) is 28.1 Å². The molecule has 0 fully saturated rings. The molecule has 3 heterocycles. The van der Waals surface area contributed by atoms with Crippen LogP contribution < -0.4 is 19.5 Å². The number of ether oxygens (including phenoxy) is 3. The molecule has 1 amide bonds. The number of benzene rings is 2.